The minimum atomic E-state index is -1.33. The number of hydrogen-bond donors (Lipinski definition) is 0. The van der Waals surface area contributed by atoms with Crippen LogP contribution in [0.1, 0.15) is 37.1 Å². The normalized spacial score (nSPS) is 21.3. The summed E-state index contributed by atoms with van der Waals surface area (Å²) in [6.07, 6.45) is 0. The monoisotopic (exact) mass is 344 g/mol. The summed E-state index contributed by atoms with van der Waals surface area (Å²) in [5, 5.41) is 3.90. The van der Waals surface area contributed by atoms with Crippen molar-refractivity contribution in [2.75, 3.05) is 0 Å². The molecule has 1 aliphatic rings. The summed E-state index contributed by atoms with van der Waals surface area (Å²) >= 11 is 0. The molecule has 4 rings (SSSR count). The Hall–Kier alpha value is -2.63. The predicted octanol–water partition coefficient (Wildman–Crippen LogP) is 5.06. The summed E-state index contributed by atoms with van der Waals surface area (Å²) in [6.45, 7) is 4.16. The lowest BCUT2D eigenvalue weighted by atomic mass is 10.0. The number of hydrogen-bond acceptors (Lipinski definition) is 3. The molecule has 0 unspecified atom stereocenters. The molecule has 3 nitrogen and oxygen atoms in total. The van der Waals surface area contributed by atoms with Gasteiger partial charge in [0.25, 0.3) is 5.89 Å². The molecule has 128 valence electrons. The van der Waals surface area contributed by atoms with Gasteiger partial charge < -0.3 is 4.52 Å². The molecule has 0 N–H and O–H groups in total. The molecule has 1 fully saturated rings. The van der Waals surface area contributed by atoms with Crippen molar-refractivity contribution in [1.29, 1.82) is 0 Å². The molecule has 1 aliphatic carbocycles. The van der Waals surface area contributed by atoms with Gasteiger partial charge in [0.05, 0.1) is 0 Å². The van der Waals surface area contributed by atoms with Crippen molar-refractivity contribution < 1.29 is 17.7 Å². The molecule has 1 aromatic heterocycles. The first-order chi connectivity index (χ1) is 11.9. The standard InChI is InChI=1S/C19H15F3N2O/c1-19(2)14(10-6-4-3-5-7-10)15(19)17-23-18(25-24-17)13-11(20)8-9-12(21)16(13)22/h3-9,14-15H,1-2H3/t14-,15+/m0/s1. The van der Waals surface area contributed by atoms with E-state index in [1.165, 1.54) is 0 Å². The fraction of sp³-hybridized carbons (Fsp3) is 0.263. The maximum atomic E-state index is 13.9. The first kappa shape index (κ1) is 15.9. The Labute approximate surface area is 142 Å². The third-order valence-corrected chi connectivity index (χ3v) is 4.96. The van der Waals surface area contributed by atoms with Gasteiger partial charge in [0.1, 0.15) is 11.4 Å². The zero-order valence-electron chi connectivity index (χ0n) is 13.6. The smallest absolute Gasteiger partial charge is 0.264 e. The lowest BCUT2D eigenvalue weighted by Crippen LogP contribution is -1.95. The van der Waals surface area contributed by atoms with Gasteiger partial charge in [-0.1, -0.05) is 49.3 Å². The van der Waals surface area contributed by atoms with E-state index in [0.29, 0.717) is 5.82 Å². The summed E-state index contributed by atoms with van der Waals surface area (Å²) in [4.78, 5) is 4.15. The van der Waals surface area contributed by atoms with E-state index in [4.69, 9.17) is 4.52 Å². The first-order valence-electron chi connectivity index (χ1n) is 7.93. The summed E-state index contributed by atoms with van der Waals surface area (Å²) < 4.78 is 46.3. The van der Waals surface area contributed by atoms with Crippen LogP contribution in [-0.2, 0) is 0 Å². The molecule has 0 saturated heterocycles. The van der Waals surface area contributed by atoms with E-state index in [1.54, 1.807) is 0 Å². The van der Waals surface area contributed by atoms with E-state index in [0.717, 1.165) is 17.7 Å². The lowest BCUT2D eigenvalue weighted by molar-refractivity contribution is 0.411. The molecular weight excluding hydrogens is 329 g/mol. The summed E-state index contributed by atoms with van der Waals surface area (Å²) in [5.74, 6) is -3.26. The Morgan fingerprint density at radius 2 is 1.60 bits per heavy atom. The van der Waals surface area contributed by atoms with Gasteiger partial charge >= 0.3 is 0 Å². The highest BCUT2D eigenvalue weighted by atomic mass is 19.2. The second kappa shape index (κ2) is 5.44. The van der Waals surface area contributed by atoms with Crippen molar-refractivity contribution in [3.05, 3.63) is 71.3 Å². The molecule has 0 aliphatic heterocycles. The zero-order chi connectivity index (χ0) is 17.8. The van der Waals surface area contributed by atoms with Crippen LogP contribution >= 0.6 is 0 Å². The van der Waals surface area contributed by atoms with Crippen LogP contribution in [0.15, 0.2) is 47.0 Å². The molecule has 25 heavy (non-hydrogen) atoms. The highest BCUT2D eigenvalue weighted by Crippen LogP contribution is 2.69. The number of benzene rings is 2. The Balaban J connectivity index is 1.71. The molecule has 2 atom stereocenters. The van der Waals surface area contributed by atoms with Crippen molar-refractivity contribution in [2.45, 2.75) is 25.7 Å². The average molecular weight is 344 g/mol. The Morgan fingerprint density at radius 3 is 2.32 bits per heavy atom. The van der Waals surface area contributed by atoms with Crippen LogP contribution in [0.3, 0.4) is 0 Å². The third kappa shape index (κ3) is 2.44. The molecule has 0 amide bonds. The average Bonchev–Trinajstić information content (AvgIpc) is 2.93. The summed E-state index contributed by atoms with van der Waals surface area (Å²) in [5.41, 5.74) is 0.405. The predicted molar refractivity (Wildman–Crippen MR) is 85.3 cm³/mol. The van der Waals surface area contributed by atoms with E-state index in [2.05, 4.69) is 24.0 Å². The Bertz CT molecular complexity index is 937. The molecule has 2 aromatic carbocycles. The van der Waals surface area contributed by atoms with E-state index in [9.17, 15) is 13.2 Å². The Morgan fingerprint density at radius 1 is 0.920 bits per heavy atom. The van der Waals surface area contributed by atoms with E-state index < -0.39 is 23.0 Å². The first-order valence-corrected chi connectivity index (χ1v) is 7.93. The van der Waals surface area contributed by atoms with Gasteiger partial charge in [-0.2, -0.15) is 4.98 Å². The topological polar surface area (TPSA) is 38.9 Å². The minimum Gasteiger partial charge on any atom is -0.334 e. The maximum Gasteiger partial charge on any atom is 0.264 e. The fourth-order valence-corrected chi connectivity index (χ4v) is 3.59. The van der Waals surface area contributed by atoms with Gasteiger partial charge in [0, 0.05) is 11.8 Å². The van der Waals surface area contributed by atoms with Crippen molar-refractivity contribution in [3.63, 3.8) is 0 Å². The van der Waals surface area contributed by atoms with Gasteiger partial charge in [0.15, 0.2) is 17.5 Å². The molecule has 0 spiro atoms. The molecule has 6 heteroatoms. The summed E-state index contributed by atoms with van der Waals surface area (Å²) in [7, 11) is 0. The van der Waals surface area contributed by atoms with Crippen LogP contribution in [-0.4, -0.2) is 10.1 Å². The van der Waals surface area contributed by atoms with Gasteiger partial charge in [-0.15, -0.1) is 0 Å². The maximum absolute atomic E-state index is 13.9. The van der Waals surface area contributed by atoms with Crippen molar-refractivity contribution in [1.82, 2.24) is 10.1 Å². The molecule has 0 radical (unpaired) electrons. The van der Waals surface area contributed by atoms with Gasteiger partial charge in [-0.05, 0) is 23.1 Å². The van der Waals surface area contributed by atoms with E-state index >= 15 is 0 Å². The second-order valence-electron chi connectivity index (χ2n) is 6.86. The van der Waals surface area contributed by atoms with Gasteiger partial charge in [0.2, 0.25) is 0 Å². The number of aromatic nitrogens is 2. The van der Waals surface area contributed by atoms with Crippen LogP contribution in [0.5, 0.6) is 0 Å². The minimum absolute atomic E-state index is 0.0351. The van der Waals surface area contributed by atoms with Gasteiger partial charge in [-0.25, -0.2) is 13.2 Å². The van der Waals surface area contributed by atoms with Crippen molar-refractivity contribution >= 4 is 0 Å². The molecular formula is C19H15F3N2O. The van der Waals surface area contributed by atoms with Crippen molar-refractivity contribution in [2.24, 2.45) is 5.41 Å². The quantitative estimate of drug-likeness (QED) is 0.623. The fourth-order valence-electron chi connectivity index (χ4n) is 3.59. The lowest BCUT2D eigenvalue weighted by Gasteiger charge is -2.01. The second-order valence-corrected chi connectivity index (χ2v) is 6.86. The summed E-state index contributed by atoms with van der Waals surface area (Å²) in [6, 6.07) is 11.5. The molecule has 1 heterocycles. The van der Waals surface area contributed by atoms with Crippen LogP contribution in [0, 0.1) is 22.9 Å². The highest BCUT2D eigenvalue weighted by molar-refractivity contribution is 5.55. The van der Waals surface area contributed by atoms with Crippen LogP contribution in [0.4, 0.5) is 13.2 Å². The Kier molecular flexibility index (Phi) is 3.45. The van der Waals surface area contributed by atoms with Crippen LogP contribution < -0.4 is 0 Å². The number of rotatable bonds is 3. The largest absolute Gasteiger partial charge is 0.334 e. The third-order valence-electron chi connectivity index (χ3n) is 4.96. The SMILES string of the molecule is CC1(C)[C@@H](c2ccccc2)[C@@H]1c1noc(-c2c(F)ccc(F)c2F)n1. The van der Waals surface area contributed by atoms with E-state index in [-0.39, 0.29) is 23.1 Å². The number of nitrogens with zero attached hydrogens (tertiary/aromatic N) is 2. The molecule has 1 saturated carbocycles. The van der Waals surface area contributed by atoms with Crippen LogP contribution in [0.25, 0.3) is 11.5 Å². The van der Waals surface area contributed by atoms with Crippen molar-refractivity contribution in [3.8, 4) is 11.5 Å². The molecule has 0 bridgehead atoms. The van der Waals surface area contributed by atoms with Gasteiger partial charge in [-0.3, -0.25) is 0 Å². The highest BCUT2D eigenvalue weighted by Gasteiger charge is 2.61. The molecule has 3 aromatic rings. The zero-order valence-corrected chi connectivity index (χ0v) is 13.6. The van der Waals surface area contributed by atoms with Crippen LogP contribution in [0.2, 0.25) is 0 Å². The van der Waals surface area contributed by atoms with E-state index in [1.807, 2.05) is 30.3 Å². The number of halogens is 3.